The number of thiazole rings is 1. The van der Waals surface area contributed by atoms with Crippen molar-refractivity contribution >= 4 is 22.2 Å². The molecule has 0 aliphatic heterocycles. The summed E-state index contributed by atoms with van der Waals surface area (Å²) < 4.78 is 13.5. The van der Waals surface area contributed by atoms with Gasteiger partial charge in [0.05, 0.1) is 5.69 Å². The minimum Gasteiger partial charge on any atom is -0.326 e. The molecule has 1 heterocycles. The van der Waals surface area contributed by atoms with Gasteiger partial charge in [-0.1, -0.05) is 12.1 Å². The summed E-state index contributed by atoms with van der Waals surface area (Å²) in [6, 6.07) is 6.62. The van der Waals surface area contributed by atoms with E-state index in [1.807, 2.05) is 0 Å². The van der Waals surface area contributed by atoms with Gasteiger partial charge in [-0.3, -0.25) is 0 Å². The molecular weight excluding hydrogens is 225 g/mol. The molecule has 5 heteroatoms. The van der Waals surface area contributed by atoms with E-state index in [2.05, 4.69) is 4.98 Å². The van der Waals surface area contributed by atoms with E-state index in [9.17, 15) is 4.39 Å². The summed E-state index contributed by atoms with van der Waals surface area (Å²) in [5.41, 5.74) is 6.02. The standard InChI is InChI=1S/C11H12FN3S/c1-15(10-5-3-2-4-9(10)12)11-14-7-8(6-13)16-11/h2-5,7H,6,13H2,1H3. The SMILES string of the molecule is CN(c1ncc(CN)s1)c1ccccc1F. The normalized spacial score (nSPS) is 10.4. The Morgan fingerprint density at radius 1 is 1.44 bits per heavy atom. The largest absolute Gasteiger partial charge is 0.326 e. The lowest BCUT2D eigenvalue weighted by molar-refractivity contribution is 0.627. The third-order valence-electron chi connectivity index (χ3n) is 2.24. The molecule has 0 saturated heterocycles. The van der Waals surface area contributed by atoms with Crippen LogP contribution in [0.1, 0.15) is 4.88 Å². The lowest BCUT2D eigenvalue weighted by Gasteiger charge is -2.16. The fourth-order valence-electron chi connectivity index (χ4n) is 1.37. The predicted molar refractivity (Wildman–Crippen MR) is 64.5 cm³/mol. The second kappa shape index (κ2) is 4.59. The first-order valence-electron chi connectivity index (χ1n) is 4.85. The van der Waals surface area contributed by atoms with Crippen molar-refractivity contribution < 1.29 is 4.39 Å². The van der Waals surface area contributed by atoms with Crippen molar-refractivity contribution in [3.8, 4) is 0 Å². The van der Waals surface area contributed by atoms with Crippen LogP contribution in [0.3, 0.4) is 0 Å². The molecule has 0 spiro atoms. The number of rotatable bonds is 3. The quantitative estimate of drug-likeness (QED) is 0.891. The number of nitrogens with two attached hydrogens (primary N) is 1. The Bertz CT molecular complexity index is 484. The predicted octanol–water partition coefficient (Wildman–Crippen LogP) is 2.51. The summed E-state index contributed by atoms with van der Waals surface area (Å²) in [7, 11) is 1.79. The number of para-hydroxylation sites is 1. The average molecular weight is 237 g/mol. The van der Waals surface area contributed by atoms with Crippen LogP contribution in [-0.4, -0.2) is 12.0 Å². The molecule has 16 heavy (non-hydrogen) atoms. The molecule has 0 aliphatic carbocycles. The second-order valence-corrected chi connectivity index (χ2v) is 4.42. The van der Waals surface area contributed by atoms with Crippen molar-refractivity contribution in [2.24, 2.45) is 5.73 Å². The van der Waals surface area contributed by atoms with Gasteiger partial charge in [0.25, 0.3) is 0 Å². The molecule has 84 valence electrons. The number of aromatic nitrogens is 1. The Morgan fingerprint density at radius 3 is 2.81 bits per heavy atom. The topological polar surface area (TPSA) is 42.2 Å². The Hall–Kier alpha value is -1.46. The molecule has 0 saturated carbocycles. The highest BCUT2D eigenvalue weighted by Crippen LogP contribution is 2.29. The van der Waals surface area contributed by atoms with Gasteiger partial charge >= 0.3 is 0 Å². The lowest BCUT2D eigenvalue weighted by atomic mass is 10.3. The summed E-state index contributed by atoms with van der Waals surface area (Å²) in [6.45, 7) is 0.461. The van der Waals surface area contributed by atoms with E-state index in [1.54, 1.807) is 36.3 Å². The number of hydrogen-bond donors (Lipinski definition) is 1. The van der Waals surface area contributed by atoms with Gasteiger partial charge in [0, 0.05) is 24.7 Å². The van der Waals surface area contributed by atoms with E-state index >= 15 is 0 Å². The summed E-state index contributed by atoms with van der Waals surface area (Å²) in [4.78, 5) is 6.91. The smallest absolute Gasteiger partial charge is 0.189 e. The Kier molecular flexibility index (Phi) is 3.17. The van der Waals surface area contributed by atoms with Crippen molar-refractivity contribution in [1.82, 2.24) is 4.98 Å². The van der Waals surface area contributed by atoms with Crippen LogP contribution in [0.25, 0.3) is 0 Å². The number of nitrogens with zero attached hydrogens (tertiary/aromatic N) is 2. The highest BCUT2D eigenvalue weighted by molar-refractivity contribution is 7.15. The van der Waals surface area contributed by atoms with Crippen LogP contribution in [0.4, 0.5) is 15.2 Å². The summed E-state index contributed by atoms with van der Waals surface area (Å²) in [5, 5.41) is 0.741. The number of hydrogen-bond acceptors (Lipinski definition) is 4. The van der Waals surface area contributed by atoms with Crippen LogP contribution in [0.5, 0.6) is 0 Å². The molecule has 2 N–H and O–H groups in total. The maximum Gasteiger partial charge on any atom is 0.189 e. The van der Waals surface area contributed by atoms with Crippen molar-refractivity contribution in [3.05, 3.63) is 41.2 Å². The first-order valence-corrected chi connectivity index (χ1v) is 5.67. The van der Waals surface area contributed by atoms with E-state index in [0.717, 1.165) is 10.0 Å². The van der Waals surface area contributed by atoms with E-state index in [1.165, 1.54) is 17.4 Å². The van der Waals surface area contributed by atoms with Crippen LogP contribution in [0, 0.1) is 5.82 Å². The highest BCUT2D eigenvalue weighted by atomic mass is 32.1. The zero-order valence-corrected chi connectivity index (χ0v) is 9.67. The lowest BCUT2D eigenvalue weighted by Crippen LogP contribution is -2.10. The molecule has 0 aliphatic rings. The van der Waals surface area contributed by atoms with Crippen molar-refractivity contribution in [3.63, 3.8) is 0 Å². The Balaban J connectivity index is 2.31. The third-order valence-corrected chi connectivity index (χ3v) is 3.34. The maximum absolute atomic E-state index is 13.5. The van der Waals surface area contributed by atoms with Crippen LogP contribution < -0.4 is 10.6 Å². The van der Waals surface area contributed by atoms with Gasteiger partial charge in [0.15, 0.2) is 5.13 Å². The molecule has 0 fully saturated rings. The minimum atomic E-state index is -0.255. The van der Waals surface area contributed by atoms with E-state index in [4.69, 9.17) is 5.73 Å². The second-order valence-electron chi connectivity index (χ2n) is 3.32. The summed E-state index contributed by atoms with van der Waals surface area (Å²) in [5.74, 6) is -0.255. The zero-order chi connectivity index (χ0) is 11.5. The van der Waals surface area contributed by atoms with Crippen molar-refractivity contribution in [2.45, 2.75) is 6.54 Å². The number of anilines is 2. The van der Waals surface area contributed by atoms with Crippen molar-refractivity contribution in [1.29, 1.82) is 0 Å². The van der Waals surface area contributed by atoms with E-state index in [-0.39, 0.29) is 5.82 Å². The maximum atomic E-state index is 13.5. The van der Waals surface area contributed by atoms with Gasteiger partial charge < -0.3 is 10.6 Å². The monoisotopic (exact) mass is 237 g/mol. The molecule has 1 aromatic heterocycles. The average Bonchev–Trinajstić information content (AvgIpc) is 2.77. The van der Waals surface area contributed by atoms with E-state index in [0.29, 0.717) is 12.2 Å². The molecule has 0 radical (unpaired) electrons. The molecule has 0 unspecified atom stereocenters. The number of benzene rings is 1. The first-order chi connectivity index (χ1) is 7.72. The first kappa shape index (κ1) is 11.0. The fourth-order valence-corrected chi connectivity index (χ4v) is 2.14. The van der Waals surface area contributed by atoms with Crippen LogP contribution in [-0.2, 0) is 6.54 Å². The highest BCUT2D eigenvalue weighted by Gasteiger charge is 2.11. The van der Waals surface area contributed by atoms with Gasteiger partial charge in [-0.25, -0.2) is 9.37 Å². The van der Waals surface area contributed by atoms with Crippen LogP contribution >= 0.6 is 11.3 Å². The Morgan fingerprint density at radius 2 is 2.19 bits per heavy atom. The molecule has 1 aromatic carbocycles. The third kappa shape index (κ3) is 2.05. The van der Waals surface area contributed by atoms with Crippen LogP contribution in [0.2, 0.25) is 0 Å². The fraction of sp³-hybridized carbons (Fsp3) is 0.182. The van der Waals surface area contributed by atoms with Gasteiger partial charge in [-0.15, -0.1) is 11.3 Å². The summed E-state index contributed by atoms with van der Waals surface area (Å²) in [6.07, 6.45) is 1.72. The van der Waals surface area contributed by atoms with Gasteiger partial charge in [0.2, 0.25) is 0 Å². The van der Waals surface area contributed by atoms with Crippen molar-refractivity contribution in [2.75, 3.05) is 11.9 Å². The zero-order valence-electron chi connectivity index (χ0n) is 8.85. The molecule has 2 rings (SSSR count). The molecule has 0 bridgehead atoms. The molecular formula is C11H12FN3S. The molecule has 2 aromatic rings. The number of halogens is 1. The summed E-state index contributed by atoms with van der Waals surface area (Å²) >= 11 is 1.47. The van der Waals surface area contributed by atoms with Gasteiger partial charge in [-0.05, 0) is 12.1 Å². The van der Waals surface area contributed by atoms with Crippen LogP contribution in [0.15, 0.2) is 30.5 Å². The Labute approximate surface area is 97.3 Å². The van der Waals surface area contributed by atoms with E-state index < -0.39 is 0 Å². The molecule has 0 amide bonds. The van der Waals surface area contributed by atoms with Gasteiger partial charge in [0.1, 0.15) is 5.82 Å². The molecule has 3 nitrogen and oxygen atoms in total. The minimum absolute atomic E-state index is 0.255. The molecule has 0 atom stereocenters. The van der Waals surface area contributed by atoms with Gasteiger partial charge in [-0.2, -0.15) is 0 Å².